The van der Waals surface area contributed by atoms with E-state index in [1.54, 1.807) is 7.11 Å². The second-order valence-corrected chi connectivity index (χ2v) is 3.81. The molecule has 0 aliphatic rings. The molecule has 0 radical (unpaired) electrons. The van der Waals surface area contributed by atoms with Crippen molar-refractivity contribution >= 4 is 23.0 Å². The van der Waals surface area contributed by atoms with Gasteiger partial charge in [0.15, 0.2) is 5.11 Å². The zero-order valence-corrected chi connectivity index (χ0v) is 11.1. The van der Waals surface area contributed by atoms with Crippen molar-refractivity contribution in [3.05, 3.63) is 29.8 Å². The summed E-state index contributed by atoms with van der Waals surface area (Å²) in [4.78, 5) is 0. The Morgan fingerprint density at radius 3 is 2.53 bits per heavy atom. The molecule has 0 fully saturated rings. The summed E-state index contributed by atoms with van der Waals surface area (Å²) in [7, 11) is 1.65. The van der Waals surface area contributed by atoms with Gasteiger partial charge >= 0.3 is 0 Å². The number of ether oxygens (including phenoxy) is 1. The van der Waals surface area contributed by atoms with Gasteiger partial charge in [-0.3, -0.25) is 5.43 Å². The lowest BCUT2D eigenvalue weighted by atomic mass is 10.1. The Morgan fingerprint density at radius 1 is 1.35 bits per heavy atom. The van der Waals surface area contributed by atoms with Crippen LogP contribution in [0.3, 0.4) is 0 Å². The molecule has 1 rings (SSSR count). The Labute approximate surface area is 107 Å². The number of methoxy groups -OCH3 is 1. The molecule has 1 aromatic rings. The van der Waals surface area contributed by atoms with Gasteiger partial charge in [0, 0.05) is 6.54 Å². The molecule has 4 nitrogen and oxygen atoms in total. The minimum absolute atomic E-state index is 0.528. The number of benzene rings is 1. The van der Waals surface area contributed by atoms with Gasteiger partial charge in [0.25, 0.3) is 0 Å². The van der Waals surface area contributed by atoms with Crippen LogP contribution < -0.4 is 15.5 Å². The first-order valence-electron chi connectivity index (χ1n) is 5.40. The standard InChI is InChI=1S/C12H17N3OS/c1-4-13-12(17)15-14-9(2)10-5-7-11(16-3)8-6-10/h5-8H,4H2,1-3H3,(H2,13,15,17)/b14-9-. The number of rotatable bonds is 4. The molecule has 0 atom stereocenters. The molecule has 17 heavy (non-hydrogen) atoms. The van der Waals surface area contributed by atoms with E-state index in [9.17, 15) is 0 Å². The molecule has 92 valence electrons. The summed E-state index contributed by atoms with van der Waals surface area (Å²) in [5, 5.41) is 7.68. The van der Waals surface area contributed by atoms with Gasteiger partial charge in [0.1, 0.15) is 5.75 Å². The molecule has 0 saturated carbocycles. The second-order valence-electron chi connectivity index (χ2n) is 3.40. The Balaban J connectivity index is 2.64. The number of hydrogen-bond acceptors (Lipinski definition) is 3. The van der Waals surface area contributed by atoms with Crippen LogP contribution >= 0.6 is 12.2 Å². The van der Waals surface area contributed by atoms with E-state index in [-0.39, 0.29) is 0 Å². The van der Waals surface area contributed by atoms with Crippen molar-refractivity contribution in [1.29, 1.82) is 0 Å². The average molecular weight is 251 g/mol. The Morgan fingerprint density at radius 2 is 2.00 bits per heavy atom. The Hall–Kier alpha value is -1.62. The minimum Gasteiger partial charge on any atom is -0.497 e. The topological polar surface area (TPSA) is 45.7 Å². The monoisotopic (exact) mass is 251 g/mol. The van der Waals surface area contributed by atoms with Crippen molar-refractivity contribution in [3.8, 4) is 5.75 Å². The van der Waals surface area contributed by atoms with E-state index in [1.165, 1.54) is 0 Å². The molecular formula is C12H17N3OS. The fourth-order valence-electron chi connectivity index (χ4n) is 1.23. The molecule has 5 heteroatoms. The van der Waals surface area contributed by atoms with E-state index >= 15 is 0 Å². The summed E-state index contributed by atoms with van der Waals surface area (Å²) in [6.07, 6.45) is 0. The summed E-state index contributed by atoms with van der Waals surface area (Å²) in [5.74, 6) is 0.831. The molecule has 1 aromatic carbocycles. The summed E-state index contributed by atoms with van der Waals surface area (Å²) >= 11 is 5.01. The predicted octanol–water partition coefficient (Wildman–Crippen LogP) is 1.90. The highest BCUT2D eigenvalue weighted by Gasteiger charge is 1.98. The highest BCUT2D eigenvalue weighted by Crippen LogP contribution is 2.11. The lowest BCUT2D eigenvalue weighted by Crippen LogP contribution is -2.32. The summed E-state index contributed by atoms with van der Waals surface area (Å²) < 4.78 is 5.09. The van der Waals surface area contributed by atoms with E-state index in [0.717, 1.165) is 23.6 Å². The second kappa shape index (κ2) is 6.85. The maximum atomic E-state index is 5.09. The highest BCUT2D eigenvalue weighted by atomic mass is 32.1. The van der Waals surface area contributed by atoms with Gasteiger partial charge in [0.05, 0.1) is 12.8 Å². The van der Waals surface area contributed by atoms with Gasteiger partial charge < -0.3 is 10.1 Å². The molecule has 0 aliphatic carbocycles. The molecule has 2 N–H and O–H groups in total. The van der Waals surface area contributed by atoms with Crippen LogP contribution in [0.25, 0.3) is 0 Å². The van der Waals surface area contributed by atoms with Crippen LogP contribution in [0.15, 0.2) is 29.4 Å². The third kappa shape index (κ3) is 4.40. The molecule has 0 heterocycles. The normalized spacial score (nSPS) is 10.9. The number of nitrogens with zero attached hydrogens (tertiary/aromatic N) is 1. The van der Waals surface area contributed by atoms with E-state index in [4.69, 9.17) is 17.0 Å². The molecule has 0 spiro atoms. The van der Waals surface area contributed by atoms with Crippen molar-refractivity contribution < 1.29 is 4.74 Å². The molecule has 0 bridgehead atoms. The van der Waals surface area contributed by atoms with E-state index in [2.05, 4.69) is 15.8 Å². The molecule has 0 unspecified atom stereocenters. The fourth-order valence-corrected chi connectivity index (χ4v) is 1.42. The van der Waals surface area contributed by atoms with Crippen LogP contribution in [0.4, 0.5) is 0 Å². The third-order valence-corrected chi connectivity index (χ3v) is 2.41. The lowest BCUT2D eigenvalue weighted by Gasteiger charge is -2.06. The number of hydrazone groups is 1. The summed E-state index contributed by atoms with van der Waals surface area (Å²) in [5.41, 5.74) is 4.68. The largest absolute Gasteiger partial charge is 0.497 e. The van der Waals surface area contributed by atoms with Gasteiger partial charge in [-0.1, -0.05) is 0 Å². The zero-order chi connectivity index (χ0) is 12.7. The van der Waals surface area contributed by atoms with Gasteiger partial charge in [-0.15, -0.1) is 0 Å². The summed E-state index contributed by atoms with van der Waals surface area (Å²) in [6.45, 7) is 4.68. The third-order valence-electron chi connectivity index (χ3n) is 2.17. The van der Waals surface area contributed by atoms with Crippen LogP contribution in [-0.4, -0.2) is 24.5 Å². The van der Waals surface area contributed by atoms with Crippen LogP contribution in [0.5, 0.6) is 5.75 Å². The quantitative estimate of drug-likeness (QED) is 0.487. The molecule has 0 saturated heterocycles. The molecule has 0 aromatic heterocycles. The zero-order valence-electron chi connectivity index (χ0n) is 10.3. The van der Waals surface area contributed by atoms with Crippen molar-refractivity contribution in [3.63, 3.8) is 0 Å². The lowest BCUT2D eigenvalue weighted by molar-refractivity contribution is 0.415. The van der Waals surface area contributed by atoms with Gasteiger partial charge in [0.2, 0.25) is 0 Å². The van der Waals surface area contributed by atoms with E-state index in [1.807, 2.05) is 38.1 Å². The molecular weight excluding hydrogens is 234 g/mol. The van der Waals surface area contributed by atoms with Gasteiger partial charge in [-0.2, -0.15) is 5.10 Å². The maximum absolute atomic E-state index is 5.09. The highest BCUT2D eigenvalue weighted by molar-refractivity contribution is 7.80. The smallest absolute Gasteiger partial charge is 0.186 e. The summed E-state index contributed by atoms with van der Waals surface area (Å²) in [6, 6.07) is 7.71. The first kappa shape index (κ1) is 13.4. The fraction of sp³-hybridized carbons (Fsp3) is 0.333. The Kier molecular flexibility index (Phi) is 5.42. The predicted molar refractivity (Wildman–Crippen MR) is 74.6 cm³/mol. The maximum Gasteiger partial charge on any atom is 0.186 e. The van der Waals surface area contributed by atoms with Crippen molar-refractivity contribution in [1.82, 2.24) is 10.7 Å². The van der Waals surface area contributed by atoms with Crippen molar-refractivity contribution in [2.24, 2.45) is 5.10 Å². The molecule has 0 amide bonds. The average Bonchev–Trinajstić information content (AvgIpc) is 2.36. The van der Waals surface area contributed by atoms with Crippen LogP contribution in [0.1, 0.15) is 19.4 Å². The molecule has 0 aliphatic heterocycles. The first-order chi connectivity index (χ1) is 8.17. The van der Waals surface area contributed by atoms with E-state index < -0.39 is 0 Å². The van der Waals surface area contributed by atoms with E-state index in [0.29, 0.717) is 5.11 Å². The number of hydrogen-bond donors (Lipinski definition) is 2. The van der Waals surface area contributed by atoms with Crippen molar-refractivity contribution in [2.75, 3.05) is 13.7 Å². The van der Waals surface area contributed by atoms with Crippen LogP contribution in [0.2, 0.25) is 0 Å². The minimum atomic E-state index is 0.528. The van der Waals surface area contributed by atoms with Gasteiger partial charge in [-0.25, -0.2) is 0 Å². The Bertz CT molecular complexity index is 401. The number of thiocarbonyl (C=S) groups is 1. The van der Waals surface area contributed by atoms with Gasteiger partial charge in [-0.05, 0) is 55.9 Å². The SMILES string of the molecule is CCNC(=S)N/N=C(/C)c1ccc(OC)cc1. The van der Waals surface area contributed by atoms with Crippen molar-refractivity contribution in [2.45, 2.75) is 13.8 Å². The van der Waals surface area contributed by atoms with Crippen LogP contribution in [0, 0.1) is 0 Å². The first-order valence-corrected chi connectivity index (χ1v) is 5.80. The number of nitrogens with one attached hydrogen (secondary N) is 2. The van der Waals surface area contributed by atoms with Crippen LogP contribution in [-0.2, 0) is 0 Å².